The summed E-state index contributed by atoms with van der Waals surface area (Å²) in [7, 11) is -2.56. The van der Waals surface area contributed by atoms with E-state index in [0.717, 1.165) is 6.42 Å². The molecule has 0 saturated carbocycles. The maximum atomic E-state index is 12.4. The van der Waals surface area contributed by atoms with Crippen LogP contribution >= 0.6 is 0 Å². The molecule has 2 aromatic carbocycles. The number of rotatable bonds is 5. The van der Waals surface area contributed by atoms with Crippen molar-refractivity contribution in [3.8, 4) is 0 Å². The Morgan fingerprint density at radius 3 is 1.89 bits per heavy atom. The molecule has 2 aromatic rings. The lowest BCUT2D eigenvalue weighted by molar-refractivity contribution is -0.138. The maximum Gasteiger partial charge on any atom is 0.261 e. The van der Waals surface area contributed by atoms with Crippen molar-refractivity contribution in [2.45, 2.75) is 64.6 Å². The van der Waals surface area contributed by atoms with Gasteiger partial charge in [0.15, 0.2) is 0 Å². The van der Waals surface area contributed by atoms with E-state index < -0.39 is 8.32 Å². The summed E-state index contributed by atoms with van der Waals surface area (Å²) in [6, 6.07) is 21.7. The molecule has 0 aromatic heterocycles. The van der Waals surface area contributed by atoms with Crippen LogP contribution in [0.2, 0.25) is 5.04 Å². The highest BCUT2D eigenvalue weighted by atomic mass is 28.4. The molecule has 1 aliphatic heterocycles. The van der Waals surface area contributed by atoms with Crippen molar-refractivity contribution < 1.29 is 9.22 Å². The van der Waals surface area contributed by atoms with E-state index in [-0.39, 0.29) is 23.1 Å². The third-order valence-electron chi connectivity index (χ3n) is 5.78. The minimum Gasteiger partial charge on any atom is -0.403 e. The molecular formula is C24H33NO2Si. The number of carbonyl (C=O) groups excluding carboxylic acids is 1. The van der Waals surface area contributed by atoms with E-state index in [0.29, 0.717) is 13.0 Å². The van der Waals surface area contributed by atoms with Crippen LogP contribution in [0, 0.1) is 0 Å². The maximum absolute atomic E-state index is 12.4. The fourth-order valence-corrected chi connectivity index (χ4v) is 9.08. The SMILES string of the molecule is CC(C)N1CC(O[Si](c2ccccc2)(c2ccccc2)C(C)(C)C)CCC1=O. The van der Waals surface area contributed by atoms with Crippen molar-refractivity contribution in [2.75, 3.05) is 6.54 Å². The topological polar surface area (TPSA) is 29.5 Å². The van der Waals surface area contributed by atoms with Crippen LogP contribution in [0.5, 0.6) is 0 Å². The number of likely N-dealkylation sites (tertiary alicyclic amines) is 1. The van der Waals surface area contributed by atoms with Gasteiger partial charge in [-0.25, -0.2) is 0 Å². The number of nitrogens with zero attached hydrogens (tertiary/aromatic N) is 1. The summed E-state index contributed by atoms with van der Waals surface area (Å²) in [5, 5.41) is 2.54. The number of hydrogen-bond acceptors (Lipinski definition) is 2. The molecule has 4 heteroatoms. The molecule has 0 aliphatic carbocycles. The minimum absolute atomic E-state index is 0.0418. The molecule has 28 heavy (non-hydrogen) atoms. The first-order chi connectivity index (χ1) is 13.3. The Morgan fingerprint density at radius 2 is 1.46 bits per heavy atom. The number of carbonyl (C=O) groups is 1. The summed E-state index contributed by atoms with van der Waals surface area (Å²) < 4.78 is 7.19. The molecule has 0 N–H and O–H groups in total. The summed E-state index contributed by atoms with van der Waals surface area (Å²) in [5.41, 5.74) is 0. The van der Waals surface area contributed by atoms with Crippen molar-refractivity contribution in [1.29, 1.82) is 0 Å². The van der Waals surface area contributed by atoms with Gasteiger partial charge in [0.1, 0.15) is 0 Å². The Bertz CT molecular complexity index is 744. The van der Waals surface area contributed by atoms with Gasteiger partial charge in [-0.15, -0.1) is 0 Å². The van der Waals surface area contributed by atoms with Crippen LogP contribution in [0.3, 0.4) is 0 Å². The second-order valence-electron chi connectivity index (χ2n) is 9.08. The number of amides is 1. The zero-order valence-corrected chi connectivity index (χ0v) is 18.8. The molecule has 1 fully saturated rings. The summed E-state index contributed by atoms with van der Waals surface area (Å²) >= 11 is 0. The zero-order chi connectivity index (χ0) is 20.4. The molecule has 150 valence electrons. The number of benzene rings is 2. The fourth-order valence-electron chi connectivity index (χ4n) is 4.38. The van der Waals surface area contributed by atoms with Crippen LogP contribution in [0.4, 0.5) is 0 Å². The summed E-state index contributed by atoms with van der Waals surface area (Å²) in [6.07, 6.45) is 1.43. The van der Waals surface area contributed by atoms with Gasteiger partial charge in [-0.05, 0) is 35.7 Å². The van der Waals surface area contributed by atoms with Gasteiger partial charge in [0.2, 0.25) is 5.91 Å². The quantitative estimate of drug-likeness (QED) is 0.717. The van der Waals surface area contributed by atoms with Gasteiger partial charge in [0.05, 0.1) is 6.10 Å². The van der Waals surface area contributed by atoms with Gasteiger partial charge < -0.3 is 9.33 Å². The van der Waals surface area contributed by atoms with Gasteiger partial charge >= 0.3 is 0 Å². The highest BCUT2D eigenvalue weighted by Gasteiger charge is 2.52. The van der Waals surface area contributed by atoms with Crippen LogP contribution in [-0.4, -0.2) is 37.8 Å². The lowest BCUT2D eigenvalue weighted by Gasteiger charge is -2.47. The smallest absolute Gasteiger partial charge is 0.261 e. The monoisotopic (exact) mass is 395 g/mol. The van der Waals surface area contributed by atoms with Crippen LogP contribution in [0.1, 0.15) is 47.5 Å². The Morgan fingerprint density at radius 1 is 0.964 bits per heavy atom. The van der Waals surface area contributed by atoms with Gasteiger partial charge in [-0.1, -0.05) is 81.4 Å². The van der Waals surface area contributed by atoms with Crippen molar-refractivity contribution >= 4 is 24.6 Å². The second-order valence-corrected chi connectivity index (χ2v) is 13.3. The highest BCUT2D eigenvalue weighted by molar-refractivity contribution is 6.99. The van der Waals surface area contributed by atoms with E-state index in [1.54, 1.807) is 0 Å². The van der Waals surface area contributed by atoms with E-state index in [1.165, 1.54) is 10.4 Å². The molecule has 0 bridgehead atoms. The molecule has 1 atom stereocenters. The van der Waals surface area contributed by atoms with Crippen LogP contribution in [0.15, 0.2) is 60.7 Å². The van der Waals surface area contributed by atoms with Gasteiger partial charge in [-0.2, -0.15) is 0 Å². The van der Waals surface area contributed by atoms with Gasteiger partial charge in [-0.3, -0.25) is 4.79 Å². The third-order valence-corrected chi connectivity index (χ3v) is 10.9. The first-order valence-electron chi connectivity index (χ1n) is 10.3. The van der Waals surface area contributed by atoms with E-state index in [4.69, 9.17) is 4.43 Å². The van der Waals surface area contributed by atoms with Crippen molar-refractivity contribution in [2.24, 2.45) is 0 Å². The Hall–Kier alpha value is -1.91. The van der Waals surface area contributed by atoms with Crippen molar-refractivity contribution in [3.05, 3.63) is 60.7 Å². The minimum atomic E-state index is -2.56. The number of piperidine rings is 1. The first-order valence-corrected chi connectivity index (χ1v) is 12.2. The van der Waals surface area contributed by atoms with E-state index in [1.807, 2.05) is 4.90 Å². The Balaban J connectivity index is 2.08. The zero-order valence-electron chi connectivity index (χ0n) is 17.8. The lowest BCUT2D eigenvalue weighted by Crippen LogP contribution is -2.68. The predicted octanol–water partition coefficient (Wildman–Crippen LogP) is 3.96. The van der Waals surface area contributed by atoms with E-state index in [2.05, 4.69) is 95.3 Å². The summed E-state index contributed by atoms with van der Waals surface area (Å²) in [6.45, 7) is 11.8. The summed E-state index contributed by atoms with van der Waals surface area (Å²) in [5.74, 6) is 0.247. The van der Waals surface area contributed by atoms with Gasteiger partial charge in [0, 0.05) is 19.0 Å². The molecule has 3 nitrogen and oxygen atoms in total. The Kier molecular flexibility index (Phi) is 6.11. The van der Waals surface area contributed by atoms with Gasteiger partial charge in [0.25, 0.3) is 8.32 Å². The van der Waals surface area contributed by atoms with E-state index in [9.17, 15) is 4.79 Å². The molecule has 1 unspecified atom stereocenters. The average Bonchev–Trinajstić information content (AvgIpc) is 2.67. The average molecular weight is 396 g/mol. The molecule has 0 spiro atoms. The standard InChI is InChI=1S/C24H33NO2Si/c1-19(2)25-18-20(16-17-23(25)26)27-28(24(3,4)5,21-12-8-6-9-13-21)22-14-10-7-11-15-22/h6-15,19-20H,16-18H2,1-5H3. The molecule has 1 amide bonds. The molecule has 1 saturated heterocycles. The molecule has 0 radical (unpaired) electrons. The van der Waals surface area contributed by atoms with Crippen LogP contribution in [0.25, 0.3) is 0 Å². The van der Waals surface area contributed by atoms with E-state index >= 15 is 0 Å². The molecular weight excluding hydrogens is 362 g/mol. The highest BCUT2D eigenvalue weighted by Crippen LogP contribution is 2.38. The second kappa shape index (κ2) is 8.22. The fraction of sp³-hybridized carbons (Fsp3) is 0.458. The molecule has 1 aliphatic rings. The largest absolute Gasteiger partial charge is 0.403 e. The third kappa shape index (κ3) is 3.94. The lowest BCUT2D eigenvalue weighted by atomic mass is 10.1. The predicted molar refractivity (Wildman–Crippen MR) is 119 cm³/mol. The van der Waals surface area contributed by atoms with Crippen LogP contribution in [-0.2, 0) is 9.22 Å². The van der Waals surface area contributed by atoms with Crippen molar-refractivity contribution in [1.82, 2.24) is 4.90 Å². The Labute approximate surface area is 170 Å². The van der Waals surface area contributed by atoms with Crippen molar-refractivity contribution in [3.63, 3.8) is 0 Å². The molecule has 1 heterocycles. The number of hydrogen-bond donors (Lipinski definition) is 0. The first kappa shape index (κ1) is 20.8. The summed E-state index contributed by atoms with van der Waals surface area (Å²) in [4.78, 5) is 14.3. The molecule has 3 rings (SSSR count). The normalized spacial score (nSPS) is 18.6. The van der Waals surface area contributed by atoms with Crippen LogP contribution < -0.4 is 10.4 Å².